The van der Waals surface area contributed by atoms with Crippen LogP contribution in [0.3, 0.4) is 0 Å². The Kier molecular flexibility index (Phi) is 1.88. The molecule has 0 aliphatic carbocycles. The highest BCUT2D eigenvalue weighted by atomic mass is 32.2. The molecule has 3 nitrogen and oxygen atoms in total. The Balaban J connectivity index is 3.16. The van der Waals surface area contributed by atoms with Crippen molar-refractivity contribution in [2.45, 2.75) is 17.6 Å². The first-order chi connectivity index (χ1) is 5.21. The van der Waals surface area contributed by atoms with Crippen LogP contribution >= 0.6 is 0 Å². The van der Waals surface area contributed by atoms with Gasteiger partial charge in [-0.2, -0.15) is 17.6 Å². The van der Waals surface area contributed by atoms with E-state index in [1.165, 1.54) is 0 Å². The molecule has 0 N–H and O–H groups in total. The lowest BCUT2D eigenvalue weighted by atomic mass is 10.2. The zero-order valence-electron chi connectivity index (χ0n) is 5.60. The predicted molar refractivity (Wildman–Crippen MR) is 31.7 cm³/mol. The second-order valence-corrected chi connectivity index (χ2v) is 4.02. The molecule has 1 aliphatic rings. The average molecular weight is 206 g/mol. The minimum absolute atomic E-state index is 0.787. The molecule has 0 aromatic carbocycles. The number of hydrogen-bond donors (Lipinski definition) is 0. The van der Waals surface area contributed by atoms with Crippen molar-refractivity contribution < 1.29 is 26.0 Å². The van der Waals surface area contributed by atoms with Gasteiger partial charge in [0.05, 0.1) is 0 Å². The highest BCUT2D eigenvalue weighted by Gasteiger charge is 2.62. The number of sulfonamides is 1. The Morgan fingerprint density at radius 2 is 1.67 bits per heavy atom. The van der Waals surface area contributed by atoms with Gasteiger partial charge in [0.2, 0.25) is 0 Å². The quantitative estimate of drug-likeness (QED) is 0.561. The van der Waals surface area contributed by atoms with Crippen molar-refractivity contribution in [3.8, 4) is 0 Å². The summed E-state index contributed by atoms with van der Waals surface area (Å²) < 4.78 is 72.3. The Hall–Kier alpha value is -0.370. The minimum atomic E-state index is -5.33. The second kappa shape index (κ2) is 2.32. The van der Waals surface area contributed by atoms with Crippen LogP contribution in [0.5, 0.6) is 0 Å². The molecule has 1 fully saturated rings. The third kappa shape index (κ3) is 1.09. The Morgan fingerprint density at radius 3 is 2.00 bits per heavy atom. The lowest BCUT2D eigenvalue weighted by molar-refractivity contribution is -0.161. The van der Waals surface area contributed by atoms with Crippen molar-refractivity contribution >= 4 is 10.0 Å². The predicted octanol–water partition coefficient (Wildman–Crippen LogP) is 1.32. The van der Waals surface area contributed by atoms with E-state index in [0.29, 0.717) is 0 Å². The van der Waals surface area contributed by atoms with Crippen LogP contribution in [0.25, 0.3) is 4.72 Å². The molecule has 0 spiro atoms. The average Bonchev–Trinajstić information content (AvgIpc) is 1.83. The van der Waals surface area contributed by atoms with Gasteiger partial charge in [-0.3, -0.25) is 0 Å². The van der Waals surface area contributed by atoms with Crippen LogP contribution in [0.1, 0.15) is 6.42 Å². The van der Waals surface area contributed by atoms with E-state index in [1.54, 1.807) is 0 Å². The van der Waals surface area contributed by atoms with E-state index >= 15 is 0 Å². The van der Waals surface area contributed by atoms with E-state index in [9.17, 15) is 26.0 Å². The summed E-state index contributed by atoms with van der Waals surface area (Å²) in [4.78, 5) is 0. The van der Waals surface area contributed by atoms with Gasteiger partial charge in [0, 0.05) is 6.42 Å². The lowest BCUT2D eigenvalue weighted by Gasteiger charge is -2.38. The minimum Gasteiger partial charge on any atom is -0.543 e. The fourth-order valence-electron chi connectivity index (χ4n) is 0.722. The molecule has 1 aliphatic heterocycles. The van der Waals surface area contributed by atoms with Gasteiger partial charge in [-0.1, -0.05) is 0 Å². The maximum Gasteiger partial charge on any atom is 0.391 e. The van der Waals surface area contributed by atoms with Gasteiger partial charge in [-0.15, -0.1) is 6.54 Å². The van der Waals surface area contributed by atoms with Gasteiger partial charge in [-0.25, -0.2) is 8.42 Å². The number of nitrogens with zero attached hydrogens (tertiary/aromatic N) is 1. The Labute approximate surface area is 65.8 Å². The molecule has 0 atom stereocenters. The second-order valence-electron chi connectivity index (χ2n) is 2.30. The normalized spacial score (nSPS) is 31.3. The maximum atomic E-state index is 12.3. The standard InChI is InChI=1S/C4H4F4NO2S/c5-3(6)1-2-9-12(10,11)4(3,7)8/h1-2H2/q-1. The molecule has 0 aromatic rings. The highest BCUT2D eigenvalue weighted by Crippen LogP contribution is 2.46. The molecule has 0 radical (unpaired) electrons. The Morgan fingerprint density at radius 1 is 1.17 bits per heavy atom. The van der Waals surface area contributed by atoms with Crippen molar-refractivity contribution in [2.24, 2.45) is 0 Å². The lowest BCUT2D eigenvalue weighted by Crippen LogP contribution is -2.50. The van der Waals surface area contributed by atoms with Crippen molar-refractivity contribution in [3.05, 3.63) is 4.72 Å². The van der Waals surface area contributed by atoms with Crippen LogP contribution in [0.2, 0.25) is 0 Å². The van der Waals surface area contributed by atoms with Gasteiger partial charge in [0.25, 0.3) is 0 Å². The first kappa shape index (κ1) is 9.72. The molecule has 1 heterocycles. The van der Waals surface area contributed by atoms with Crippen molar-refractivity contribution in [1.82, 2.24) is 0 Å². The monoisotopic (exact) mass is 206 g/mol. The first-order valence-electron chi connectivity index (χ1n) is 2.90. The third-order valence-electron chi connectivity index (χ3n) is 1.44. The fourth-order valence-corrected chi connectivity index (χ4v) is 1.69. The summed E-state index contributed by atoms with van der Waals surface area (Å²) in [6.45, 7) is -0.787. The van der Waals surface area contributed by atoms with Crippen LogP contribution in [0, 0.1) is 0 Å². The van der Waals surface area contributed by atoms with Gasteiger partial charge in [0.1, 0.15) is 10.0 Å². The number of hydrogen-bond acceptors (Lipinski definition) is 2. The molecule has 0 saturated carbocycles. The number of halogens is 4. The van der Waals surface area contributed by atoms with Crippen LogP contribution in [-0.2, 0) is 10.0 Å². The third-order valence-corrected chi connectivity index (χ3v) is 2.91. The van der Waals surface area contributed by atoms with Crippen molar-refractivity contribution in [2.75, 3.05) is 6.54 Å². The molecule has 12 heavy (non-hydrogen) atoms. The Bertz CT molecular complexity index is 285. The summed E-state index contributed by atoms with van der Waals surface area (Å²) in [7, 11) is -5.33. The fraction of sp³-hybridized carbons (Fsp3) is 1.00. The number of rotatable bonds is 0. The molecule has 0 amide bonds. The summed E-state index contributed by atoms with van der Waals surface area (Å²) in [5.41, 5.74) is 0. The smallest absolute Gasteiger partial charge is 0.391 e. The summed E-state index contributed by atoms with van der Waals surface area (Å²) in [5.74, 6) is -4.51. The molecule has 0 aromatic heterocycles. The van der Waals surface area contributed by atoms with E-state index in [4.69, 9.17) is 0 Å². The summed E-state index contributed by atoms with van der Waals surface area (Å²) >= 11 is 0. The molecule has 1 rings (SSSR count). The molecular formula is C4H4F4NO2S-. The summed E-state index contributed by atoms with van der Waals surface area (Å²) in [5, 5.41) is -5.06. The van der Waals surface area contributed by atoms with Crippen molar-refractivity contribution in [1.29, 1.82) is 0 Å². The molecule has 8 heteroatoms. The molecule has 0 bridgehead atoms. The molecule has 0 unspecified atom stereocenters. The van der Waals surface area contributed by atoms with Gasteiger partial charge in [-0.05, 0) is 0 Å². The molecular weight excluding hydrogens is 202 g/mol. The zero-order chi connectivity index (χ0) is 9.62. The molecule has 72 valence electrons. The first-order valence-corrected chi connectivity index (χ1v) is 4.34. The van der Waals surface area contributed by atoms with Gasteiger partial charge < -0.3 is 4.72 Å². The number of alkyl halides is 4. The maximum absolute atomic E-state index is 12.3. The SMILES string of the molecule is O=S1(=O)[N-]CCC(F)(F)C1(F)F. The van der Waals surface area contributed by atoms with Crippen LogP contribution in [0.15, 0.2) is 0 Å². The molecule has 1 saturated heterocycles. The van der Waals surface area contributed by atoms with Gasteiger partial charge in [0.15, 0.2) is 0 Å². The van der Waals surface area contributed by atoms with Crippen LogP contribution < -0.4 is 0 Å². The largest absolute Gasteiger partial charge is 0.543 e. The topological polar surface area (TPSA) is 48.2 Å². The van der Waals surface area contributed by atoms with Crippen molar-refractivity contribution in [3.63, 3.8) is 0 Å². The summed E-state index contributed by atoms with van der Waals surface area (Å²) in [6, 6.07) is 0. The van der Waals surface area contributed by atoms with Gasteiger partial charge >= 0.3 is 11.2 Å². The summed E-state index contributed by atoms with van der Waals surface area (Å²) in [6.07, 6.45) is -1.24. The zero-order valence-corrected chi connectivity index (χ0v) is 6.41. The van der Waals surface area contributed by atoms with E-state index in [-0.39, 0.29) is 0 Å². The van der Waals surface area contributed by atoms with E-state index in [0.717, 1.165) is 0 Å². The highest BCUT2D eigenvalue weighted by molar-refractivity contribution is 7.95. The van der Waals surface area contributed by atoms with Crippen LogP contribution in [0.4, 0.5) is 17.6 Å². The van der Waals surface area contributed by atoms with E-state index in [2.05, 4.69) is 4.72 Å². The van der Waals surface area contributed by atoms with E-state index in [1.807, 2.05) is 0 Å². The van der Waals surface area contributed by atoms with E-state index < -0.39 is 34.2 Å². The van der Waals surface area contributed by atoms with Crippen LogP contribution in [-0.4, -0.2) is 26.1 Å².